The highest BCUT2D eigenvalue weighted by Crippen LogP contribution is 2.27. The zero-order valence-electron chi connectivity index (χ0n) is 11.8. The lowest BCUT2D eigenvalue weighted by atomic mass is 9.84. The second-order valence-electron chi connectivity index (χ2n) is 6.58. The maximum atomic E-state index is 9.32. The first-order valence-corrected chi connectivity index (χ1v) is 7.27. The molecule has 1 aliphatic carbocycles. The number of morpholine rings is 1. The topological polar surface area (TPSA) is 58.7 Å². The molecule has 1 heterocycles. The van der Waals surface area contributed by atoms with Gasteiger partial charge < -0.3 is 15.6 Å². The van der Waals surface area contributed by atoms with Crippen LogP contribution in [0.4, 0.5) is 0 Å². The molecule has 0 spiro atoms. The lowest BCUT2D eigenvalue weighted by Crippen LogP contribution is -2.56. The number of nitrogens with two attached hydrogens (primary N) is 1. The van der Waals surface area contributed by atoms with Crippen LogP contribution in [0.15, 0.2) is 0 Å². The summed E-state index contributed by atoms with van der Waals surface area (Å²) in [5.41, 5.74) is 6.06. The van der Waals surface area contributed by atoms with Crippen LogP contribution in [0.2, 0.25) is 0 Å². The Morgan fingerprint density at radius 2 is 2.06 bits per heavy atom. The van der Waals surface area contributed by atoms with Crippen molar-refractivity contribution < 1.29 is 9.84 Å². The van der Waals surface area contributed by atoms with Gasteiger partial charge in [-0.3, -0.25) is 4.90 Å². The van der Waals surface area contributed by atoms with Gasteiger partial charge in [0.2, 0.25) is 0 Å². The molecule has 0 bridgehead atoms. The molecule has 3 atom stereocenters. The van der Waals surface area contributed by atoms with Gasteiger partial charge in [0, 0.05) is 25.7 Å². The molecule has 18 heavy (non-hydrogen) atoms. The molecule has 2 aliphatic rings. The fraction of sp³-hybridized carbons (Fsp3) is 1.00. The van der Waals surface area contributed by atoms with E-state index in [9.17, 15) is 5.11 Å². The Morgan fingerprint density at radius 3 is 2.72 bits per heavy atom. The van der Waals surface area contributed by atoms with Crippen LogP contribution in [0.5, 0.6) is 0 Å². The Hall–Kier alpha value is -0.160. The van der Waals surface area contributed by atoms with Crippen molar-refractivity contribution in [1.29, 1.82) is 0 Å². The van der Waals surface area contributed by atoms with Crippen LogP contribution in [0, 0.1) is 5.92 Å². The van der Waals surface area contributed by atoms with E-state index in [0.717, 1.165) is 19.6 Å². The van der Waals surface area contributed by atoms with E-state index in [4.69, 9.17) is 10.5 Å². The highest BCUT2D eigenvalue weighted by atomic mass is 16.5. The van der Waals surface area contributed by atoms with Gasteiger partial charge in [-0.15, -0.1) is 0 Å². The second-order valence-corrected chi connectivity index (χ2v) is 6.58. The molecular weight excluding hydrogens is 228 g/mol. The van der Waals surface area contributed by atoms with Gasteiger partial charge in [0.1, 0.15) is 0 Å². The SMILES string of the molecule is CC1(C)CN(CC2CCCCC2N)CC(CO)O1. The summed E-state index contributed by atoms with van der Waals surface area (Å²) in [6.07, 6.45) is 4.97. The van der Waals surface area contributed by atoms with Crippen LogP contribution in [0.1, 0.15) is 39.5 Å². The first-order valence-electron chi connectivity index (χ1n) is 7.27. The van der Waals surface area contributed by atoms with E-state index in [-0.39, 0.29) is 18.3 Å². The summed E-state index contributed by atoms with van der Waals surface area (Å²) >= 11 is 0. The molecular formula is C14H28N2O2. The van der Waals surface area contributed by atoms with Crippen LogP contribution >= 0.6 is 0 Å². The van der Waals surface area contributed by atoms with Crippen LogP contribution in [-0.4, -0.2) is 54.0 Å². The van der Waals surface area contributed by atoms with E-state index in [1.54, 1.807) is 0 Å². The van der Waals surface area contributed by atoms with E-state index in [0.29, 0.717) is 12.0 Å². The van der Waals surface area contributed by atoms with Gasteiger partial charge in [-0.25, -0.2) is 0 Å². The molecule has 1 saturated carbocycles. The summed E-state index contributed by atoms with van der Waals surface area (Å²) in [5, 5.41) is 9.32. The van der Waals surface area contributed by atoms with Crippen LogP contribution < -0.4 is 5.73 Å². The third kappa shape index (κ3) is 3.67. The lowest BCUT2D eigenvalue weighted by Gasteiger charge is -2.44. The molecule has 1 saturated heterocycles. The summed E-state index contributed by atoms with van der Waals surface area (Å²) < 4.78 is 5.85. The van der Waals surface area contributed by atoms with Crippen molar-refractivity contribution in [2.24, 2.45) is 11.7 Å². The number of aliphatic hydroxyl groups excluding tert-OH is 1. The molecule has 3 unspecified atom stereocenters. The molecule has 2 rings (SSSR count). The quantitative estimate of drug-likeness (QED) is 0.790. The average Bonchev–Trinajstić information content (AvgIpc) is 2.30. The van der Waals surface area contributed by atoms with Crippen LogP contribution in [-0.2, 0) is 4.74 Å². The zero-order chi connectivity index (χ0) is 13.2. The second kappa shape index (κ2) is 5.87. The molecule has 0 radical (unpaired) electrons. The molecule has 0 amide bonds. The van der Waals surface area contributed by atoms with Crippen molar-refractivity contribution in [3.63, 3.8) is 0 Å². The van der Waals surface area contributed by atoms with Gasteiger partial charge in [-0.2, -0.15) is 0 Å². The van der Waals surface area contributed by atoms with E-state index < -0.39 is 0 Å². The smallest absolute Gasteiger partial charge is 0.0940 e. The van der Waals surface area contributed by atoms with Crippen molar-refractivity contribution in [1.82, 2.24) is 4.90 Å². The molecule has 0 aromatic heterocycles. The first-order chi connectivity index (χ1) is 8.50. The molecule has 3 N–H and O–H groups in total. The number of hydrogen-bond donors (Lipinski definition) is 2. The van der Waals surface area contributed by atoms with Crippen molar-refractivity contribution in [3.05, 3.63) is 0 Å². The van der Waals surface area contributed by atoms with Gasteiger partial charge in [0.15, 0.2) is 0 Å². The fourth-order valence-electron chi connectivity index (χ4n) is 3.45. The molecule has 2 fully saturated rings. The van der Waals surface area contributed by atoms with Crippen molar-refractivity contribution in [3.8, 4) is 0 Å². The third-order valence-corrected chi connectivity index (χ3v) is 4.22. The van der Waals surface area contributed by atoms with E-state index in [1.807, 2.05) is 0 Å². The maximum Gasteiger partial charge on any atom is 0.0940 e. The minimum absolute atomic E-state index is 0.0476. The van der Waals surface area contributed by atoms with Gasteiger partial charge in [0.25, 0.3) is 0 Å². The van der Waals surface area contributed by atoms with Gasteiger partial charge in [0.05, 0.1) is 18.3 Å². The lowest BCUT2D eigenvalue weighted by molar-refractivity contribution is -0.151. The predicted octanol–water partition coefficient (Wildman–Crippen LogP) is 0.976. The number of nitrogens with zero attached hydrogens (tertiary/aromatic N) is 1. The van der Waals surface area contributed by atoms with Crippen LogP contribution in [0.3, 0.4) is 0 Å². The Balaban J connectivity index is 1.91. The first kappa shape index (κ1) is 14.3. The average molecular weight is 256 g/mol. The number of rotatable bonds is 3. The molecule has 0 aromatic rings. The highest BCUT2D eigenvalue weighted by Gasteiger charge is 2.35. The molecule has 4 heteroatoms. The van der Waals surface area contributed by atoms with Crippen molar-refractivity contribution >= 4 is 0 Å². The Kier molecular flexibility index (Phi) is 4.64. The summed E-state index contributed by atoms with van der Waals surface area (Å²) in [6.45, 7) is 7.14. The largest absolute Gasteiger partial charge is 0.394 e. The monoisotopic (exact) mass is 256 g/mol. The Morgan fingerprint density at radius 1 is 1.33 bits per heavy atom. The highest BCUT2D eigenvalue weighted by molar-refractivity contribution is 4.87. The summed E-state index contributed by atoms with van der Waals surface area (Å²) in [5.74, 6) is 0.618. The van der Waals surface area contributed by atoms with Gasteiger partial charge >= 0.3 is 0 Å². The predicted molar refractivity (Wildman–Crippen MR) is 72.4 cm³/mol. The standard InChI is InChI=1S/C14H28N2O2/c1-14(2)10-16(8-12(9-17)18-14)7-11-5-3-4-6-13(11)15/h11-13,17H,3-10,15H2,1-2H3. The summed E-state index contributed by atoms with van der Waals surface area (Å²) in [7, 11) is 0. The molecule has 4 nitrogen and oxygen atoms in total. The minimum atomic E-state index is -0.162. The zero-order valence-corrected chi connectivity index (χ0v) is 11.8. The summed E-state index contributed by atoms with van der Waals surface area (Å²) in [4.78, 5) is 2.43. The maximum absolute atomic E-state index is 9.32. The molecule has 0 aromatic carbocycles. The van der Waals surface area contributed by atoms with Gasteiger partial charge in [-0.05, 0) is 32.6 Å². The number of aliphatic hydroxyl groups is 1. The number of hydrogen-bond acceptors (Lipinski definition) is 4. The van der Waals surface area contributed by atoms with Crippen molar-refractivity contribution in [2.75, 3.05) is 26.2 Å². The van der Waals surface area contributed by atoms with Gasteiger partial charge in [-0.1, -0.05) is 12.8 Å². The number of ether oxygens (including phenoxy) is 1. The van der Waals surface area contributed by atoms with E-state index in [2.05, 4.69) is 18.7 Å². The minimum Gasteiger partial charge on any atom is -0.394 e. The Bertz CT molecular complexity index is 271. The molecule has 106 valence electrons. The van der Waals surface area contributed by atoms with E-state index >= 15 is 0 Å². The molecule has 1 aliphatic heterocycles. The normalized spacial score (nSPS) is 37.7. The van der Waals surface area contributed by atoms with E-state index in [1.165, 1.54) is 25.7 Å². The Labute approximate surface area is 110 Å². The van der Waals surface area contributed by atoms with Crippen LogP contribution in [0.25, 0.3) is 0 Å². The van der Waals surface area contributed by atoms with Crippen molar-refractivity contribution in [2.45, 2.75) is 57.3 Å². The third-order valence-electron chi connectivity index (χ3n) is 4.22. The summed E-state index contributed by atoms with van der Waals surface area (Å²) in [6, 6.07) is 0.359. The fourth-order valence-corrected chi connectivity index (χ4v) is 3.45.